The second kappa shape index (κ2) is 6.81. The average molecular weight is 321 g/mol. The van der Waals surface area contributed by atoms with Crippen molar-refractivity contribution in [1.29, 1.82) is 0 Å². The lowest BCUT2D eigenvalue weighted by atomic mass is 10.3. The first-order valence-corrected chi connectivity index (χ1v) is 8.71. The number of nitrogens with zero attached hydrogens (tertiary/aromatic N) is 2. The molecule has 0 spiro atoms. The van der Waals surface area contributed by atoms with Crippen molar-refractivity contribution < 1.29 is 9.53 Å². The summed E-state index contributed by atoms with van der Waals surface area (Å²) in [7, 11) is 0. The van der Waals surface area contributed by atoms with E-state index in [1.807, 2.05) is 6.07 Å². The lowest BCUT2D eigenvalue weighted by Gasteiger charge is -2.26. The van der Waals surface area contributed by atoms with Gasteiger partial charge in [0.2, 0.25) is 0 Å². The lowest BCUT2D eigenvalue weighted by Crippen LogP contribution is -2.41. The van der Waals surface area contributed by atoms with E-state index < -0.39 is 0 Å². The number of fused-ring (bicyclic) bond motifs is 1. The Labute approximate surface area is 134 Å². The third-order valence-electron chi connectivity index (χ3n) is 4.01. The summed E-state index contributed by atoms with van der Waals surface area (Å²) < 4.78 is 7.46. The molecule has 22 heavy (non-hydrogen) atoms. The number of thiophene rings is 1. The minimum atomic E-state index is 0.0189. The van der Waals surface area contributed by atoms with E-state index in [0.717, 1.165) is 43.9 Å². The number of carbonyl (C=O) groups is 1. The van der Waals surface area contributed by atoms with Crippen molar-refractivity contribution in [3.63, 3.8) is 0 Å². The van der Waals surface area contributed by atoms with Crippen molar-refractivity contribution in [2.45, 2.75) is 19.9 Å². The highest BCUT2D eigenvalue weighted by molar-refractivity contribution is 7.16. The van der Waals surface area contributed by atoms with Gasteiger partial charge in [0.25, 0.3) is 5.91 Å². The Balaban J connectivity index is 1.64. The van der Waals surface area contributed by atoms with Gasteiger partial charge in [-0.1, -0.05) is 0 Å². The highest BCUT2D eigenvalue weighted by Crippen LogP contribution is 2.28. The Morgan fingerprint density at radius 3 is 2.91 bits per heavy atom. The van der Waals surface area contributed by atoms with Gasteiger partial charge in [-0.05, 0) is 31.4 Å². The van der Waals surface area contributed by atoms with Crippen molar-refractivity contribution >= 4 is 27.5 Å². The fourth-order valence-electron chi connectivity index (χ4n) is 2.87. The fourth-order valence-corrected chi connectivity index (χ4v) is 3.90. The first kappa shape index (κ1) is 15.5. The molecule has 3 rings (SSSR count). The number of carbonyl (C=O) groups excluding carboxylic acids is 1. The zero-order valence-corrected chi connectivity index (χ0v) is 14.0. The van der Waals surface area contributed by atoms with Crippen LogP contribution in [0.5, 0.6) is 0 Å². The minimum absolute atomic E-state index is 0.0189. The van der Waals surface area contributed by atoms with E-state index in [4.69, 9.17) is 4.74 Å². The van der Waals surface area contributed by atoms with Crippen LogP contribution in [0, 0.1) is 0 Å². The van der Waals surface area contributed by atoms with Gasteiger partial charge in [-0.2, -0.15) is 0 Å². The average Bonchev–Trinajstić information content (AvgIpc) is 3.08. The molecule has 2 aromatic heterocycles. The Bertz CT molecular complexity index is 641. The Morgan fingerprint density at radius 2 is 2.18 bits per heavy atom. The molecule has 1 N–H and O–H groups in total. The first-order chi connectivity index (χ1) is 10.7. The number of hydrogen-bond acceptors (Lipinski definition) is 4. The van der Waals surface area contributed by atoms with E-state index >= 15 is 0 Å². The quantitative estimate of drug-likeness (QED) is 0.919. The predicted molar refractivity (Wildman–Crippen MR) is 89.8 cm³/mol. The van der Waals surface area contributed by atoms with Gasteiger partial charge in [-0.25, -0.2) is 0 Å². The van der Waals surface area contributed by atoms with Crippen LogP contribution in [-0.4, -0.2) is 54.8 Å². The summed E-state index contributed by atoms with van der Waals surface area (Å²) >= 11 is 1.69. The number of amides is 1. The van der Waals surface area contributed by atoms with Crippen molar-refractivity contribution in [2.24, 2.45) is 0 Å². The summed E-state index contributed by atoms with van der Waals surface area (Å²) in [4.78, 5) is 16.0. The van der Waals surface area contributed by atoms with E-state index in [9.17, 15) is 4.79 Å². The molecule has 1 saturated heterocycles. The monoisotopic (exact) mass is 321 g/mol. The van der Waals surface area contributed by atoms with Gasteiger partial charge < -0.3 is 14.6 Å². The van der Waals surface area contributed by atoms with Crippen molar-refractivity contribution in [3.05, 3.63) is 23.2 Å². The van der Waals surface area contributed by atoms with Crippen LogP contribution >= 0.6 is 11.3 Å². The smallest absolute Gasteiger partial charge is 0.268 e. The summed E-state index contributed by atoms with van der Waals surface area (Å²) in [5.74, 6) is 0.0189. The number of hydrogen-bond donors (Lipinski definition) is 1. The maximum absolute atomic E-state index is 12.5. The molecule has 0 unspecified atom stereocenters. The van der Waals surface area contributed by atoms with Crippen LogP contribution in [0.3, 0.4) is 0 Å². The molecule has 0 radical (unpaired) electrons. The first-order valence-electron chi connectivity index (χ1n) is 7.83. The molecule has 0 saturated carbocycles. The molecule has 0 atom stereocenters. The van der Waals surface area contributed by atoms with E-state index in [2.05, 4.69) is 40.1 Å². The summed E-state index contributed by atoms with van der Waals surface area (Å²) in [6, 6.07) is 4.34. The molecule has 1 amide bonds. The summed E-state index contributed by atoms with van der Waals surface area (Å²) in [6.45, 7) is 9.28. The van der Waals surface area contributed by atoms with Crippen molar-refractivity contribution in [3.8, 4) is 0 Å². The zero-order chi connectivity index (χ0) is 15.5. The largest absolute Gasteiger partial charge is 0.379 e. The van der Waals surface area contributed by atoms with Crippen LogP contribution in [0.15, 0.2) is 17.5 Å². The third-order valence-corrected chi connectivity index (χ3v) is 4.94. The van der Waals surface area contributed by atoms with Crippen molar-refractivity contribution in [2.75, 3.05) is 39.4 Å². The second-order valence-electron chi connectivity index (χ2n) is 5.88. The topological polar surface area (TPSA) is 46.5 Å². The molecular weight excluding hydrogens is 298 g/mol. The number of ether oxygens (including phenoxy) is 1. The molecule has 3 heterocycles. The molecule has 0 aliphatic carbocycles. The maximum Gasteiger partial charge on any atom is 0.268 e. The Morgan fingerprint density at radius 1 is 1.41 bits per heavy atom. The van der Waals surface area contributed by atoms with E-state index in [1.54, 1.807) is 11.3 Å². The molecule has 2 aromatic rings. The van der Waals surface area contributed by atoms with Crippen LogP contribution in [0.4, 0.5) is 0 Å². The van der Waals surface area contributed by atoms with Gasteiger partial charge in [0, 0.05) is 37.6 Å². The molecular formula is C16H23N3O2S. The van der Waals surface area contributed by atoms with Crippen molar-refractivity contribution in [1.82, 2.24) is 14.8 Å². The highest BCUT2D eigenvalue weighted by Gasteiger charge is 2.18. The maximum atomic E-state index is 12.5. The molecule has 1 aliphatic heterocycles. The second-order valence-corrected chi connectivity index (χ2v) is 6.78. The van der Waals surface area contributed by atoms with E-state index in [-0.39, 0.29) is 11.9 Å². The van der Waals surface area contributed by atoms with Gasteiger partial charge in [-0.3, -0.25) is 9.69 Å². The van der Waals surface area contributed by atoms with Crippen LogP contribution < -0.4 is 5.32 Å². The highest BCUT2D eigenvalue weighted by atomic mass is 32.1. The predicted octanol–water partition coefficient (Wildman–Crippen LogP) is 2.35. The molecule has 5 nitrogen and oxygen atoms in total. The Hall–Kier alpha value is -1.37. The minimum Gasteiger partial charge on any atom is -0.379 e. The number of rotatable bonds is 5. The molecule has 0 bridgehead atoms. The molecule has 1 fully saturated rings. The van der Waals surface area contributed by atoms with Gasteiger partial charge in [-0.15, -0.1) is 11.3 Å². The van der Waals surface area contributed by atoms with Gasteiger partial charge in [0.15, 0.2) is 0 Å². The molecule has 1 aliphatic rings. The molecule has 120 valence electrons. The summed E-state index contributed by atoms with van der Waals surface area (Å²) in [6.07, 6.45) is 0. The number of aromatic nitrogens is 1. The zero-order valence-electron chi connectivity index (χ0n) is 13.2. The fraction of sp³-hybridized carbons (Fsp3) is 0.562. The van der Waals surface area contributed by atoms with E-state index in [1.165, 1.54) is 4.83 Å². The van der Waals surface area contributed by atoms with Gasteiger partial charge in [0.1, 0.15) is 10.5 Å². The molecule has 6 heteroatoms. The van der Waals surface area contributed by atoms with Crippen LogP contribution in [0.25, 0.3) is 10.2 Å². The SMILES string of the molecule is CC(C)n1c(C(=O)NCCN2CCOCC2)cc2ccsc21. The number of morpholine rings is 1. The van der Waals surface area contributed by atoms with Crippen LogP contribution in [0.2, 0.25) is 0 Å². The lowest BCUT2D eigenvalue weighted by molar-refractivity contribution is 0.0383. The molecule has 0 aromatic carbocycles. The van der Waals surface area contributed by atoms with E-state index in [0.29, 0.717) is 6.54 Å². The number of nitrogens with one attached hydrogen (secondary N) is 1. The van der Waals surface area contributed by atoms with Gasteiger partial charge >= 0.3 is 0 Å². The summed E-state index contributed by atoms with van der Waals surface area (Å²) in [5, 5.41) is 6.28. The third kappa shape index (κ3) is 3.19. The normalized spacial score (nSPS) is 16.5. The Kier molecular flexibility index (Phi) is 4.81. The van der Waals surface area contributed by atoms with Crippen LogP contribution in [0.1, 0.15) is 30.4 Å². The van der Waals surface area contributed by atoms with Crippen LogP contribution in [-0.2, 0) is 4.74 Å². The van der Waals surface area contributed by atoms with Gasteiger partial charge in [0.05, 0.1) is 13.2 Å². The summed E-state index contributed by atoms with van der Waals surface area (Å²) in [5.41, 5.74) is 0.763. The standard InChI is InChI=1S/C16H23N3O2S/c1-12(2)19-14(11-13-3-10-22-16(13)19)15(20)17-4-5-18-6-8-21-9-7-18/h3,10-12H,4-9H2,1-2H3,(H,17,20).